The van der Waals surface area contributed by atoms with Gasteiger partial charge in [-0.05, 0) is 32.3 Å². The highest BCUT2D eigenvalue weighted by molar-refractivity contribution is 9.10. The second-order valence-corrected chi connectivity index (χ2v) is 6.25. The van der Waals surface area contributed by atoms with Crippen molar-refractivity contribution in [2.75, 3.05) is 26.4 Å². The van der Waals surface area contributed by atoms with Gasteiger partial charge in [0.2, 0.25) is 5.78 Å². The van der Waals surface area contributed by atoms with Crippen LogP contribution >= 0.6 is 27.5 Å². The number of carbonyl (C=O) groups excluding carboxylic acids is 1. The average molecular weight is 372 g/mol. The Balaban J connectivity index is 2.36. The van der Waals surface area contributed by atoms with E-state index >= 15 is 0 Å². The van der Waals surface area contributed by atoms with Crippen LogP contribution in [0.15, 0.2) is 28.9 Å². The van der Waals surface area contributed by atoms with E-state index in [1.54, 1.807) is 22.9 Å². The number of hydrogen-bond acceptors (Lipinski definition) is 4. The Bertz CT molecular complexity index is 669. The van der Waals surface area contributed by atoms with E-state index in [0.717, 1.165) is 11.0 Å². The third-order valence-corrected chi connectivity index (χ3v) is 3.80. The molecule has 112 valence electrons. The molecule has 0 fully saturated rings. The lowest BCUT2D eigenvalue weighted by atomic mass is 10.1. The summed E-state index contributed by atoms with van der Waals surface area (Å²) in [7, 11) is 3.92. The number of benzene rings is 1. The summed E-state index contributed by atoms with van der Waals surface area (Å²) < 4.78 is 2.44. The SMILES string of the molecule is CN(C)CCn1ncc(Cl)c1C(=O)c1ccc(Br)cc1N. The van der Waals surface area contributed by atoms with Crippen molar-refractivity contribution in [3.8, 4) is 0 Å². The third-order valence-electron chi connectivity index (χ3n) is 3.03. The Morgan fingerprint density at radius 2 is 2.19 bits per heavy atom. The lowest BCUT2D eigenvalue weighted by Gasteiger charge is -2.12. The van der Waals surface area contributed by atoms with Gasteiger partial charge in [-0.25, -0.2) is 0 Å². The van der Waals surface area contributed by atoms with E-state index in [0.29, 0.717) is 28.5 Å². The van der Waals surface area contributed by atoms with E-state index < -0.39 is 0 Å². The van der Waals surface area contributed by atoms with Gasteiger partial charge in [0.1, 0.15) is 5.69 Å². The van der Waals surface area contributed by atoms with Gasteiger partial charge >= 0.3 is 0 Å². The Labute approximate surface area is 136 Å². The summed E-state index contributed by atoms with van der Waals surface area (Å²) in [4.78, 5) is 14.7. The van der Waals surface area contributed by atoms with Crippen LogP contribution in [0.25, 0.3) is 0 Å². The number of nitrogens with zero attached hydrogens (tertiary/aromatic N) is 3. The minimum absolute atomic E-state index is 0.221. The number of nitrogen functional groups attached to an aromatic ring is 1. The highest BCUT2D eigenvalue weighted by Gasteiger charge is 2.21. The second-order valence-electron chi connectivity index (χ2n) is 4.93. The van der Waals surface area contributed by atoms with Crippen LogP contribution in [-0.4, -0.2) is 41.1 Å². The minimum Gasteiger partial charge on any atom is -0.398 e. The molecule has 5 nitrogen and oxygen atoms in total. The van der Waals surface area contributed by atoms with Crippen LogP contribution in [0, 0.1) is 0 Å². The molecule has 2 aromatic rings. The number of carbonyl (C=O) groups is 1. The molecular formula is C14H16BrClN4O. The maximum atomic E-state index is 12.7. The van der Waals surface area contributed by atoms with Gasteiger partial charge in [0, 0.05) is 22.3 Å². The molecule has 0 saturated carbocycles. The zero-order chi connectivity index (χ0) is 15.6. The molecule has 0 unspecified atom stereocenters. The Morgan fingerprint density at radius 1 is 1.48 bits per heavy atom. The Hall–Kier alpha value is -1.37. The molecular weight excluding hydrogens is 356 g/mol. The van der Waals surface area contributed by atoms with E-state index in [-0.39, 0.29) is 5.78 Å². The minimum atomic E-state index is -0.221. The van der Waals surface area contributed by atoms with Gasteiger partial charge in [-0.3, -0.25) is 9.48 Å². The molecule has 0 atom stereocenters. The van der Waals surface area contributed by atoms with Crippen LogP contribution in [0.2, 0.25) is 5.02 Å². The van der Waals surface area contributed by atoms with Crippen molar-refractivity contribution in [3.63, 3.8) is 0 Å². The van der Waals surface area contributed by atoms with Gasteiger partial charge in [0.15, 0.2) is 0 Å². The molecule has 0 bridgehead atoms. The first-order chi connectivity index (χ1) is 9.90. The molecule has 1 aromatic carbocycles. The molecule has 2 N–H and O–H groups in total. The predicted octanol–water partition coefficient (Wildman–Crippen LogP) is 2.67. The summed E-state index contributed by atoms with van der Waals surface area (Å²) in [5.74, 6) is -0.221. The summed E-state index contributed by atoms with van der Waals surface area (Å²) >= 11 is 9.44. The first-order valence-corrected chi connectivity index (χ1v) is 7.53. The average Bonchev–Trinajstić information content (AvgIpc) is 2.77. The number of rotatable bonds is 5. The van der Waals surface area contributed by atoms with Crippen molar-refractivity contribution >= 4 is 39.0 Å². The third kappa shape index (κ3) is 3.64. The van der Waals surface area contributed by atoms with Gasteiger partial charge in [0.25, 0.3) is 0 Å². The van der Waals surface area contributed by atoms with Gasteiger partial charge in [0.05, 0.1) is 17.8 Å². The van der Waals surface area contributed by atoms with E-state index in [2.05, 4.69) is 21.0 Å². The number of aromatic nitrogens is 2. The van der Waals surface area contributed by atoms with Gasteiger partial charge in [-0.15, -0.1) is 0 Å². The molecule has 2 rings (SSSR count). The summed E-state index contributed by atoms with van der Waals surface area (Å²) in [6.07, 6.45) is 1.49. The van der Waals surface area contributed by atoms with Crippen LogP contribution in [0.4, 0.5) is 5.69 Å². The molecule has 0 aliphatic carbocycles. The smallest absolute Gasteiger partial charge is 0.214 e. The highest BCUT2D eigenvalue weighted by atomic mass is 79.9. The molecule has 0 amide bonds. The van der Waals surface area contributed by atoms with E-state index in [4.69, 9.17) is 17.3 Å². The second kappa shape index (κ2) is 6.60. The van der Waals surface area contributed by atoms with Crippen LogP contribution in [-0.2, 0) is 6.54 Å². The predicted molar refractivity (Wildman–Crippen MR) is 87.8 cm³/mol. The first-order valence-electron chi connectivity index (χ1n) is 6.36. The number of likely N-dealkylation sites (N-methyl/N-ethyl adjacent to an activating group) is 1. The maximum absolute atomic E-state index is 12.7. The fourth-order valence-corrected chi connectivity index (χ4v) is 2.53. The largest absolute Gasteiger partial charge is 0.398 e. The van der Waals surface area contributed by atoms with Gasteiger partial charge in [-0.2, -0.15) is 5.10 Å². The standard InChI is InChI=1S/C14H16BrClN4O/c1-19(2)5-6-20-13(11(16)8-18-20)14(21)10-4-3-9(15)7-12(10)17/h3-4,7-8H,5-6,17H2,1-2H3. The normalized spacial score (nSPS) is 11.1. The summed E-state index contributed by atoms with van der Waals surface area (Å²) in [6, 6.07) is 5.15. The number of ketones is 1. The molecule has 0 radical (unpaired) electrons. The summed E-state index contributed by atoms with van der Waals surface area (Å²) in [6.45, 7) is 1.34. The van der Waals surface area contributed by atoms with Crippen LogP contribution in [0.5, 0.6) is 0 Å². The first kappa shape index (κ1) is 16.0. The number of nitrogens with two attached hydrogens (primary N) is 1. The van der Waals surface area contributed by atoms with Crippen molar-refractivity contribution in [3.05, 3.63) is 45.1 Å². The highest BCUT2D eigenvalue weighted by Crippen LogP contribution is 2.24. The molecule has 0 saturated heterocycles. The maximum Gasteiger partial charge on any atom is 0.214 e. The van der Waals surface area contributed by atoms with Crippen LogP contribution in [0.1, 0.15) is 16.1 Å². The number of hydrogen-bond donors (Lipinski definition) is 1. The molecule has 7 heteroatoms. The number of halogens is 2. The van der Waals surface area contributed by atoms with Crippen molar-refractivity contribution in [1.29, 1.82) is 0 Å². The quantitative estimate of drug-likeness (QED) is 0.648. The van der Waals surface area contributed by atoms with Crippen LogP contribution < -0.4 is 5.73 Å². The Kier molecular flexibility index (Phi) is 5.03. The van der Waals surface area contributed by atoms with Gasteiger partial charge in [-0.1, -0.05) is 27.5 Å². The van der Waals surface area contributed by atoms with E-state index in [1.807, 2.05) is 19.0 Å². The molecule has 0 spiro atoms. The lowest BCUT2D eigenvalue weighted by Crippen LogP contribution is -2.22. The van der Waals surface area contributed by atoms with Crippen molar-refractivity contribution < 1.29 is 4.79 Å². The molecule has 21 heavy (non-hydrogen) atoms. The topological polar surface area (TPSA) is 64.2 Å². The molecule has 1 aromatic heterocycles. The van der Waals surface area contributed by atoms with Crippen molar-refractivity contribution in [2.45, 2.75) is 6.54 Å². The van der Waals surface area contributed by atoms with Crippen LogP contribution in [0.3, 0.4) is 0 Å². The molecule has 0 aliphatic heterocycles. The monoisotopic (exact) mass is 370 g/mol. The number of anilines is 1. The Morgan fingerprint density at radius 3 is 2.81 bits per heavy atom. The molecule has 0 aliphatic rings. The van der Waals surface area contributed by atoms with E-state index in [9.17, 15) is 4.79 Å². The van der Waals surface area contributed by atoms with Crippen molar-refractivity contribution in [2.24, 2.45) is 0 Å². The zero-order valence-electron chi connectivity index (χ0n) is 11.8. The van der Waals surface area contributed by atoms with Crippen molar-refractivity contribution in [1.82, 2.24) is 14.7 Å². The zero-order valence-corrected chi connectivity index (χ0v) is 14.1. The summed E-state index contributed by atoms with van der Waals surface area (Å²) in [5.41, 5.74) is 7.12. The van der Waals surface area contributed by atoms with E-state index in [1.165, 1.54) is 6.20 Å². The fraction of sp³-hybridized carbons (Fsp3) is 0.286. The van der Waals surface area contributed by atoms with Gasteiger partial charge < -0.3 is 10.6 Å². The molecule has 1 heterocycles. The summed E-state index contributed by atoms with van der Waals surface area (Å²) in [5, 5.41) is 4.50. The lowest BCUT2D eigenvalue weighted by molar-refractivity contribution is 0.102. The fourth-order valence-electron chi connectivity index (χ4n) is 1.92.